The maximum atomic E-state index is 6.01. The molecular weight excluding hydrogens is 450 g/mol. The van der Waals surface area contributed by atoms with E-state index in [-0.39, 0.29) is 0 Å². The number of piperidine rings is 1. The largest absolute Gasteiger partial charge is 0.429 e. The fourth-order valence-electron chi connectivity index (χ4n) is 2.80. The van der Waals surface area contributed by atoms with Crippen LogP contribution in [0.15, 0.2) is 51.4 Å². The van der Waals surface area contributed by atoms with Crippen molar-refractivity contribution in [2.24, 2.45) is 5.92 Å². The summed E-state index contributed by atoms with van der Waals surface area (Å²) in [7, 11) is 0. The Labute approximate surface area is 165 Å². The molecule has 0 aliphatic carbocycles. The van der Waals surface area contributed by atoms with Crippen molar-refractivity contribution in [1.29, 1.82) is 0 Å². The summed E-state index contributed by atoms with van der Waals surface area (Å²) in [6.45, 7) is 4.23. The van der Waals surface area contributed by atoms with Gasteiger partial charge < -0.3 is 9.64 Å². The molecule has 2 nitrogen and oxygen atoms in total. The first-order valence-electron chi connectivity index (χ1n) is 8.06. The number of hydrogen-bond donors (Lipinski definition) is 0. The normalized spacial score (nSPS) is 15.4. The molecule has 126 valence electrons. The molecule has 1 fully saturated rings. The Bertz CT molecular complexity index is 704. The Balaban J connectivity index is 1.78. The van der Waals surface area contributed by atoms with Gasteiger partial charge in [-0.15, -0.1) is 0 Å². The minimum Gasteiger partial charge on any atom is -0.429 e. The molecule has 0 aromatic heterocycles. The van der Waals surface area contributed by atoms with Gasteiger partial charge in [-0.1, -0.05) is 37.3 Å². The molecule has 0 bridgehead atoms. The van der Waals surface area contributed by atoms with Crippen LogP contribution in [0.4, 0.5) is 0 Å². The van der Waals surface area contributed by atoms with Gasteiger partial charge in [-0.3, -0.25) is 0 Å². The van der Waals surface area contributed by atoms with Crippen molar-refractivity contribution < 1.29 is 4.74 Å². The van der Waals surface area contributed by atoms with E-state index in [0.29, 0.717) is 5.17 Å². The minimum absolute atomic E-state index is 0.552. The molecule has 0 saturated carbocycles. The van der Waals surface area contributed by atoms with Crippen molar-refractivity contribution in [2.45, 2.75) is 19.8 Å². The maximum absolute atomic E-state index is 6.01. The van der Waals surface area contributed by atoms with E-state index in [2.05, 4.69) is 67.9 Å². The summed E-state index contributed by atoms with van der Waals surface area (Å²) in [5, 5.41) is 0.552. The molecule has 1 aliphatic heterocycles. The third-order valence-electron chi connectivity index (χ3n) is 4.34. The number of hydrogen-bond acceptors (Lipinski definition) is 2. The summed E-state index contributed by atoms with van der Waals surface area (Å²) in [6.07, 6.45) is 2.33. The van der Waals surface area contributed by atoms with Gasteiger partial charge in [0.15, 0.2) is 5.75 Å². The summed E-state index contributed by atoms with van der Waals surface area (Å²) < 4.78 is 7.79. The molecule has 0 spiro atoms. The van der Waals surface area contributed by atoms with Crippen molar-refractivity contribution >= 4 is 49.3 Å². The number of likely N-dealkylation sites (tertiary alicyclic amines) is 1. The van der Waals surface area contributed by atoms with Crippen molar-refractivity contribution in [3.05, 3.63) is 51.4 Å². The van der Waals surface area contributed by atoms with E-state index >= 15 is 0 Å². The minimum atomic E-state index is 0.552. The highest BCUT2D eigenvalue weighted by molar-refractivity contribution is 9.11. The van der Waals surface area contributed by atoms with Crippen molar-refractivity contribution in [2.75, 3.05) is 13.1 Å². The van der Waals surface area contributed by atoms with Gasteiger partial charge in [-0.25, -0.2) is 0 Å². The summed E-state index contributed by atoms with van der Waals surface area (Å²) in [4.78, 5) is 2.15. The summed E-state index contributed by atoms with van der Waals surface area (Å²) in [5.41, 5.74) is 2.29. The Morgan fingerprint density at radius 2 is 1.62 bits per heavy atom. The zero-order valence-corrected chi connectivity index (χ0v) is 17.5. The van der Waals surface area contributed by atoms with Crippen LogP contribution in [0.3, 0.4) is 0 Å². The van der Waals surface area contributed by atoms with Crippen molar-refractivity contribution in [3.63, 3.8) is 0 Å². The molecule has 2 aromatic rings. The Kier molecular flexibility index (Phi) is 5.95. The van der Waals surface area contributed by atoms with Crippen LogP contribution in [0.25, 0.3) is 11.1 Å². The lowest BCUT2D eigenvalue weighted by molar-refractivity contribution is 0.253. The molecule has 0 radical (unpaired) electrons. The van der Waals surface area contributed by atoms with Crippen LogP contribution in [-0.2, 0) is 0 Å². The lowest BCUT2D eigenvalue weighted by atomic mass is 10.00. The van der Waals surface area contributed by atoms with Gasteiger partial charge in [0.1, 0.15) is 0 Å². The zero-order valence-electron chi connectivity index (χ0n) is 13.5. The number of nitrogens with zero attached hydrogens (tertiary/aromatic N) is 1. The maximum Gasteiger partial charge on any atom is 0.264 e. The van der Waals surface area contributed by atoms with Crippen LogP contribution in [0.5, 0.6) is 5.75 Å². The smallest absolute Gasteiger partial charge is 0.264 e. The van der Waals surface area contributed by atoms with Gasteiger partial charge >= 0.3 is 0 Å². The summed E-state index contributed by atoms with van der Waals surface area (Å²) in [5.74, 6) is 1.51. The molecule has 24 heavy (non-hydrogen) atoms. The average molecular weight is 469 g/mol. The number of benzene rings is 2. The predicted octanol–water partition coefficient (Wildman–Crippen LogP) is 6.27. The average Bonchev–Trinajstić information content (AvgIpc) is 2.59. The summed E-state index contributed by atoms with van der Waals surface area (Å²) in [6, 6.07) is 14.4. The van der Waals surface area contributed by atoms with Gasteiger partial charge in [-0.2, -0.15) is 0 Å². The monoisotopic (exact) mass is 467 g/mol. The molecule has 0 amide bonds. The number of halogens is 2. The SMILES string of the molecule is CC1CCN(C(=S)Oc2c(Br)cc(-c3ccccc3)cc2Br)CC1. The first kappa shape index (κ1) is 17.9. The fourth-order valence-corrected chi connectivity index (χ4v) is 4.41. The number of thiocarbonyl (C=S) groups is 1. The quantitative estimate of drug-likeness (QED) is 0.481. The van der Waals surface area contributed by atoms with Crippen LogP contribution in [-0.4, -0.2) is 23.2 Å². The molecular formula is C19H19Br2NOS. The van der Waals surface area contributed by atoms with E-state index in [1.165, 1.54) is 12.8 Å². The van der Waals surface area contributed by atoms with Crippen LogP contribution >= 0.6 is 44.1 Å². The van der Waals surface area contributed by atoms with Gasteiger partial charge in [0.05, 0.1) is 8.95 Å². The molecule has 1 aliphatic rings. The van der Waals surface area contributed by atoms with E-state index in [9.17, 15) is 0 Å². The van der Waals surface area contributed by atoms with Crippen molar-refractivity contribution in [3.8, 4) is 16.9 Å². The topological polar surface area (TPSA) is 12.5 Å². The lowest BCUT2D eigenvalue weighted by Gasteiger charge is -2.31. The second-order valence-electron chi connectivity index (χ2n) is 6.17. The van der Waals surface area contributed by atoms with E-state index < -0.39 is 0 Å². The molecule has 5 heteroatoms. The van der Waals surface area contributed by atoms with Gasteiger partial charge in [0.2, 0.25) is 0 Å². The lowest BCUT2D eigenvalue weighted by Crippen LogP contribution is -2.39. The third kappa shape index (κ3) is 4.19. The highest BCUT2D eigenvalue weighted by Gasteiger charge is 2.21. The Morgan fingerprint density at radius 1 is 1.04 bits per heavy atom. The fraction of sp³-hybridized carbons (Fsp3) is 0.316. The highest BCUT2D eigenvalue weighted by Crippen LogP contribution is 2.38. The Morgan fingerprint density at radius 3 is 2.21 bits per heavy atom. The van der Waals surface area contributed by atoms with Gasteiger partial charge in [0.25, 0.3) is 5.17 Å². The Hall–Kier alpha value is -0.910. The molecule has 1 heterocycles. The number of ether oxygens (including phenoxy) is 1. The van der Waals surface area contributed by atoms with Crippen LogP contribution < -0.4 is 4.74 Å². The van der Waals surface area contributed by atoms with Crippen LogP contribution in [0, 0.1) is 5.92 Å². The second kappa shape index (κ2) is 7.98. The number of rotatable bonds is 2. The van der Waals surface area contributed by atoms with E-state index in [0.717, 1.165) is 44.8 Å². The zero-order chi connectivity index (χ0) is 17.1. The standard InChI is InChI=1S/C19H19Br2NOS/c1-13-7-9-22(10-8-13)19(24)23-18-16(20)11-15(12-17(18)21)14-5-3-2-4-6-14/h2-6,11-13H,7-10H2,1H3. The molecule has 3 rings (SSSR count). The summed E-state index contributed by atoms with van der Waals surface area (Å²) >= 11 is 12.8. The predicted molar refractivity (Wildman–Crippen MR) is 110 cm³/mol. The molecule has 2 aromatic carbocycles. The van der Waals surface area contributed by atoms with Gasteiger partial charge in [-0.05, 0) is 86.1 Å². The molecule has 1 saturated heterocycles. The van der Waals surface area contributed by atoms with E-state index in [4.69, 9.17) is 17.0 Å². The molecule has 0 atom stereocenters. The van der Waals surface area contributed by atoms with E-state index in [1.54, 1.807) is 0 Å². The highest BCUT2D eigenvalue weighted by atomic mass is 79.9. The first-order valence-corrected chi connectivity index (χ1v) is 10.0. The first-order chi connectivity index (χ1) is 11.5. The molecule has 0 unspecified atom stereocenters. The van der Waals surface area contributed by atoms with Crippen LogP contribution in [0.2, 0.25) is 0 Å². The second-order valence-corrected chi connectivity index (χ2v) is 8.23. The molecule has 0 N–H and O–H groups in total. The third-order valence-corrected chi connectivity index (χ3v) is 5.86. The van der Waals surface area contributed by atoms with Crippen molar-refractivity contribution in [1.82, 2.24) is 4.90 Å². The van der Waals surface area contributed by atoms with Crippen LogP contribution in [0.1, 0.15) is 19.8 Å². The van der Waals surface area contributed by atoms with E-state index in [1.807, 2.05) is 18.2 Å². The van der Waals surface area contributed by atoms with Gasteiger partial charge in [0, 0.05) is 13.1 Å².